The minimum Gasteiger partial charge on any atom is -0.392 e. The summed E-state index contributed by atoms with van der Waals surface area (Å²) >= 11 is 0. The lowest BCUT2D eigenvalue weighted by atomic mass is 9.85. The molecule has 108 valence electrons. The molecule has 7 nitrogen and oxygen atoms in total. The van der Waals surface area contributed by atoms with Gasteiger partial charge < -0.3 is 21.1 Å². The lowest BCUT2D eigenvalue weighted by Crippen LogP contribution is -2.36. The summed E-state index contributed by atoms with van der Waals surface area (Å²) in [6, 6.07) is 0.763. The minimum atomic E-state index is -1.15. The highest BCUT2D eigenvalue weighted by Crippen LogP contribution is 2.44. The molecule has 1 aromatic rings. The zero-order valence-corrected chi connectivity index (χ0v) is 10.8. The smallest absolute Gasteiger partial charge is 0.350 e. The van der Waals surface area contributed by atoms with Crippen LogP contribution in [-0.4, -0.2) is 43.2 Å². The molecule has 2 aliphatic carbocycles. The van der Waals surface area contributed by atoms with Gasteiger partial charge in [-0.2, -0.15) is 4.98 Å². The van der Waals surface area contributed by atoms with Crippen molar-refractivity contribution < 1.29 is 15.3 Å². The van der Waals surface area contributed by atoms with E-state index in [1.54, 1.807) is 0 Å². The molecular formula is C13H17N3O4. The first-order valence-electron chi connectivity index (χ1n) is 6.59. The first kappa shape index (κ1) is 13.3. The van der Waals surface area contributed by atoms with Crippen LogP contribution in [0.25, 0.3) is 0 Å². The molecule has 0 amide bonds. The Morgan fingerprint density at radius 2 is 2.05 bits per heavy atom. The van der Waals surface area contributed by atoms with Gasteiger partial charge in [-0.05, 0) is 24.5 Å². The minimum absolute atomic E-state index is 0.105. The number of nitrogens with zero attached hydrogens (tertiary/aromatic N) is 2. The maximum Gasteiger partial charge on any atom is 0.350 e. The van der Waals surface area contributed by atoms with E-state index >= 15 is 0 Å². The van der Waals surface area contributed by atoms with Gasteiger partial charge in [0.15, 0.2) is 0 Å². The predicted octanol–water partition coefficient (Wildman–Crippen LogP) is -1.20. The molecule has 0 aliphatic heterocycles. The van der Waals surface area contributed by atoms with E-state index in [-0.39, 0.29) is 5.82 Å². The lowest BCUT2D eigenvalue weighted by Gasteiger charge is -2.27. The number of aliphatic hydroxyl groups is 3. The molecule has 3 rings (SSSR count). The average Bonchev–Trinajstić information content (AvgIpc) is 2.64. The molecule has 1 saturated carbocycles. The predicted molar refractivity (Wildman–Crippen MR) is 70.8 cm³/mol. The van der Waals surface area contributed by atoms with Crippen LogP contribution in [-0.2, 0) is 0 Å². The van der Waals surface area contributed by atoms with E-state index in [0.717, 1.165) is 0 Å². The molecule has 0 unspecified atom stereocenters. The highest BCUT2D eigenvalue weighted by molar-refractivity contribution is 5.30. The van der Waals surface area contributed by atoms with Gasteiger partial charge in [0.05, 0.1) is 18.2 Å². The Kier molecular flexibility index (Phi) is 3.12. The van der Waals surface area contributed by atoms with Crippen molar-refractivity contribution in [2.75, 3.05) is 5.73 Å². The van der Waals surface area contributed by atoms with E-state index < -0.39 is 36.0 Å². The zero-order valence-electron chi connectivity index (χ0n) is 10.8. The molecule has 20 heavy (non-hydrogen) atoms. The summed E-state index contributed by atoms with van der Waals surface area (Å²) < 4.78 is 1.26. The Hall–Kier alpha value is -1.70. The van der Waals surface area contributed by atoms with Crippen LogP contribution in [0.5, 0.6) is 0 Å². The number of anilines is 1. The first-order chi connectivity index (χ1) is 9.50. The van der Waals surface area contributed by atoms with Gasteiger partial charge in [0.1, 0.15) is 11.9 Å². The highest BCUT2D eigenvalue weighted by atomic mass is 16.3. The monoisotopic (exact) mass is 279 g/mol. The normalized spacial score (nSPS) is 36.5. The molecule has 7 heteroatoms. The molecule has 0 aromatic carbocycles. The fourth-order valence-corrected chi connectivity index (χ4v) is 3.26. The number of fused-ring (bicyclic) bond motifs is 1. The molecule has 1 heterocycles. The van der Waals surface area contributed by atoms with Crippen LogP contribution in [0.2, 0.25) is 0 Å². The third-order valence-electron chi connectivity index (χ3n) is 4.18. The summed E-state index contributed by atoms with van der Waals surface area (Å²) in [7, 11) is 0. The summed E-state index contributed by atoms with van der Waals surface area (Å²) in [5.41, 5.74) is 5.56. The van der Waals surface area contributed by atoms with Crippen molar-refractivity contribution in [2.45, 2.75) is 37.2 Å². The molecule has 0 radical (unpaired) electrons. The van der Waals surface area contributed by atoms with Crippen LogP contribution in [0.1, 0.15) is 18.9 Å². The van der Waals surface area contributed by atoms with Crippen LogP contribution in [0.4, 0.5) is 5.82 Å². The highest BCUT2D eigenvalue weighted by Gasteiger charge is 2.50. The summed E-state index contributed by atoms with van der Waals surface area (Å²) in [5.74, 6) is -0.429. The van der Waals surface area contributed by atoms with Crippen molar-refractivity contribution in [2.24, 2.45) is 5.92 Å². The molecule has 5 N–H and O–H groups in total. The van der Waals surface area contributed by atoms with Crippen molar-refractivity contribution in [3.8, 4) is 0 Å². The van der Waals surface area contributed by atoms with Gasteiger partial charge in [-0.25, -0.2) is 4.79 Å². The second-order valence-corrected chi connectivity index (χ2v) is 5.34. The molecule has 0 spiro atoms. The maximum atomic E-state index is 11.9. The number of nitrogen functional groups attached to an aromatic ring is 1. The molecule has 5 atom stereocenters. The molecule has 0 saturated heterocycles. The summed E-state index contributed by atoms with van der Waals surface area (Å²) in [5, 5.41) is 30.4. The number of rotatable bonds is 1. The topological polar surface area (TPSA) is 122 Å². The maximum absolute atomic E-state index is 11.9. The number of aromatic nitrogens is 2. The van der Waals surface area contributed by atoms with Gasteiger partial charge in [-0.3, -0.25) is 4.57 Å². The van der Waals surface area contributed by atoms with Gasteiger partial charge in [0.25, 0.3) is 0 Å². The molecule has 1 fully saturated rings. The average molecular weight is 279 g/mol. The Bertz CT molecular complexity index is 612. The summed E-state index contributed by atoms with van der Waals surface area (Å²) in [4.78, 5) is 15.6. The summed E-state index contributed by atoms with van der Waals surface area (Å²) in [6.45, 7) is 0. The van der Waals surface area contributed by atoms with E-state index in [1.165, 1.54) is 16.8 Å². The van der Waals surface area contributed by atoms with E-state index in [4.69, 9.17) is 5.73 Å². The van der Waals surface area contributed by atoms with Gasteiger partial charge in [-0.15, -0.1) is 0 Å². The van der Waals surface area contributed by atoms with Gasteiger partial charge in [0, 0.05) is 12.1 Å². The van der Waals surface area contributed by atoms with Gasteiger partial charge in [0.2, 0.25) is 0 Å². The third-order valence-corrected chi connectivity index (χ3v) is 4.18. The van der Waals surface area contributed by atoms with Crippen molar-refractivity contribution >= 4 is 5.82 Å². The summed E-state index contributed by atoms with van der Waals surface area (Å²) in [6.07, 6.45) is 1.58. The Morgan fingerprint density at radius 1 is 1.30 bits per heavy atom. The second-order valence-electron chi connectivity index (χ2n) is 5.34. The van der Waals surface area contributed by atoms with Gasteiger partial charge in [-0.1, -0.05) is 6.08 Å². The Balaban J connectivity index is 2.09. The van der Waals surface area contributed by atoms with Crippen LogP contribution < -0.4 is 11.4 Å². The van der Waals surface area contributed by atoms with Crippen LogP contribution >= 0.6 is 0 Å². The third kappa shape index (κ3) is 1.86. The van der Waals surface area contributed by atoms with Crippen LogP contribution in [0, 0.1) is 5.92 Å². The molecular weight excluding hydrogens is 262 g/mol. The van der Waals surface area contributed by atoms with E-state index in [9.17, 15) is 20.1 Å². The fraction of sp³-hybridized carbons (Fsp3) is 0.538. The van der Waals surface area contributed by atoms with Gasteiger partial charge >= 0.3 is 5.69 Å². The van der Waals surface area contributed by atoms with Crippen LogP contribution in [0.3, 0.4) is 0 Å². The Labute approximate surface area is 115 Å². The van der Waals surface area contributed by atoms with Crippen molar-refractivity contribution in [1.29, 1.82) is 0 Å². The lowest BCUT2D eigenvalue weighted by molar-refractivity contribution is -0.0262. The number of nitrogens with two attached hydrogens (primary N) is 1. The number of allylic oxidation sites excluding steroid dienone is 1. The van der Waals surface area contributed by atoms with Crippen molar-refractivity contribution in [3.05, 3.63) is 34.4 Å². The Morgan fingerprint density at radius 3 is 2.75 bits per heavy atom. The molecule has 1 aromatic heterocycles. The standard InChI is InChI=1S/C13H17N3O4/c14-8-4-5-16(13(20)15-8)10-6-2-1-3-7(17)9(6)11(18)12(10)19/h2,4-5,7,9-12,17-19H,1,3H2,(H2,14,15,20)/t7-,9-,10-,11-,12+/m1/s1. The zero-order chi connectivity index (χ0) is 14.4. The molecule has 2 aliphatic rings. The molecule has 0 bridgehead atoms. The number of hydrogen-bond acceptors (Lipinski definition) is 6. The van der Waals surface area contributed by atoms with E-state index in [2.05, 4.69) is 4.98 Å². The first-order valence-corrected chi connectivity index (χ1v) is 6.59. The second kappa shape index (κ2) is 4.69. The quantitative estimate of drug-likeness (QED) is 0.479. The van der Waals surface area contributed by atoms with Crippen molar-refractivity contribution in [1.82, 2.24) is 9.55 Å². The van der Waals surface area contributed by atoms with E-state index in [0.29, 0.717) is 18.4 Å². The fourth-order valence-electron chi connectivity index (χ4n) is 3.26. The SMILES string of the molecule is Nc1ccn([C@@H]2C3=CCC[C@@H](O)[C@@H]3[C@@H](O)[C@H]2O)c(=O)n1. The number of aliphatic hydroxyl groups excluding tert-OH is 3. The number of hydrogen-bond donors (Lipinski definition) is 4. The van der Waals surface area contributed by atoms with E-state index in [1.807, 2.05) is 6.08 Å². The largest absolute Gasteiger partial charge is 0.392 e. The van der Waals surface area contributed by atoms with Crippen molar-refractivity contribution in [3.63, 3.8) is 0 Å². The van der Waals surface area contributed by atoms with Crippen LogP contribution in [0.15, 0.2) is 28.7 Å².